The number of urea groups is 1. The molecule has 2 aliphatic rings. The van der Waals surface area contributed by atoms with Gasteiger partial charge in [-0.15, -0.1) is 11.3 Å². The Morgan fingerprint density at radius 3 is 2.81 bits per heavy atom. The Morgan fingerprint density at radius 2 is 2.19 bits per heavy atom. The topological polar surface area (TPSA) is 52.7 Å². The van der Waals surface area contributed by atoms with Gasteiger partial charge in [0.15, 0.2) is 0 Å². The Hall–Kier alpha value is -0.980. The Bertz CT molecular complexity index is 578. The second-order valence-corrected chi connectivity index (χ2v) is 7.50. The zero-order valence-electron chi connectivity index (χ0n) is 11.3. The van der Waals surface area contributed by atoms with Crippen molar-refractivity contribution in [1.29, 1.82) is 0 Å². The number of piperidine rings is 1. The minimum absolute atomic E-state index is 0.0362. The second kappa shape index (κ2) is 6.02. The third-order valence-corrected chi connectivity index (χ3v) is 5.39. The molecule has 8 heteroatoms. The van der Waals surface area contributed by atoms with Crippen molar-refractivity contribution < 1.29 is 9.59 Å². The van der Waals surface area contributed by atoms with Gasteiger partial charge in [-0.25, -0.2) is 4.79 Å². The molecule has 0 saturated carbocycles. The number of nitrogens with one attached hydrogen (secondary N) is 1. The smallest absolute Gasteiger partial charge is 0.317 e. The van der Waals surface area contributed by atoms with Crippen molar-refractivity contribution in [2.24, 2.45) is 0 Å². The van der Waals surface area contributed by atoms with Crippen molar-refractivity contribution in [1.82, 2.24) is 15.1 Å². The van der Waals surface area contributed by atoms with E-state index in [0.29, 0.717) is 40.4 Å². The molecule has 1 atom stereocenters. The SMILES string of the molecule is O=C(c1cc(Cl)sc1Cl)N1CCCC(N2CCNC2=O)C1. The molecule has 0 bridgehead atoms. The highest BCUT2D eigenvalue weighted by atomic mass is 35.5. The molecule has 0 spiro atoms. The van der Waals surface area contributed by atoms with E-state index in [0.717, 1.165) is 12.8 Å². The lowest BCUT2D eigenvalue weighted by Gasteiger charge is -2.37. The van der Waals surface area contributed by atoms with Crippen molar-refractivity contribution in [3.63, 3.8) is 0 Å². The first-order chi connectivity index (χ1) is 10.1. The van der Waals surface area contributed by atoms with Crippen LogP contribution in [0.25, 0.3) is 0 Å². The maximum absolute atomic E-state index is 12.5. The zero-order valence-corrected chi connectivity index (χ0v) is 13.6. The van der Waals surface area contributed by atoms with E-state index < -0.39 is 0 Å². The van der Waals surface area contributed by atoms with Gasteiger partial charge in [0.25, 0.3) is 5.91 Å². The molecule has 5 nitrogen and oxygen atoms in total. The standard InChI is InChI=1S/C13H15Cl2N3O2S/c14-10-6-9(11(15)21-10)12(19)17-4-1-2-8(7-17)18-5-3-16-13(18)20/h6,8H,1-5,7H2,(H,16,20). The molecule has 114 valence electrons. The van der Waals surface area contributed by atoms with E-state index in [1.165, 1.54) is 11.3 Å². The van der Waals surface area contributed by atoms with Gasteiger partial charge in [0, 0.05) is 26.2 Å². The molecular weight excluding hydrogens is 333 g/mol. The first-order valence-corrected chi connectivity index (χ1v) is 8.42. The summed E-state index contributed by atoms with van der Waals surface area (Å²) in [4.78, 5) is 27.9. The lowest BCUT2D eigenvalue weighted by atomic mass is 10.0. The minimum atomic E-state index is -0.104. The lowest BCUT2D eigenvalue weighted by Crippen LogP contribution is -2.50. The van der Waals surface area contributed by atoms with Crippen LogP contribution >= 0.6 is 34.5 Å². The monoisotopic (exact) mass is 347 g/mol. The number of hydrogen-bond donors (Lipinski definition) is 1. The molecule has 2 aliphatic heterocycles. The van der Waals surface area contributed by atoms with E-state index in [1.807, 2.05) is 4.90 Å². The van der Waals surface area contributed by atoms with Gasteiger partial charge in [-0.3, -0.25) is 4.79 Å². The summed E-state index contributed by atoms with van der Waals surface area (Å²) in [7, 11) is 0. The Kier molecular flexibility index (Phi) is 4.28. The van der Waals surface area contributed by atoms with Crippen molar-refractivity contribution in [3.05, 3.63) is 20.3 Å². The average Bonchev–Trinajstić information content (AvgIpc) is 3.03. The summed E-state index contributed by atoms with van der Waals surface area (Å²) in [6.45, 7) is 2.62. The predicted octanol–water partition coefficient (Wildman–Crippen LogP) is 2.68. The molecule has 0 radical (unpaired) electrons. The van der Waals surface area contributed by atoms with Gasteiger partial charge in [-0.1, -0.05) is 23.2 Å². The van der Waals surface area contributed by atoms with E-state index in [1.54, 1.807) is 11.0 Å². The number of rotatable bonds is 2. The fourth-order valence-corrected chi connectivity index (χ4v) is 4.33. The molecule has 2 fully saturated rings. The van der Waals surface area contributed by atoms with E-state index in [9.17, 15) is 9.59 Å². The summed E-state index contributed by atoms with van der Waals surface area (Å²) in [5.74, 6) is -0.104. The normalized spacial score (nSPS) is 22.6. The van der Waals surface area contributed by atoms with E-state index in [-0.39, 0.29) is 18.0 Å². The van der Waals surface area contributed by atoms with Gasteiger partial charge in [-0.05, 0) is 18.9 Å². The maximum Gasteiger partial charge on any atom is 0.317 e. The van der Waals surface area contributed by atoms with Gasteiger partial charge >= 0.3 is 6.03 Å². The summed E-state index contributed by atoms with van der Waals surface area (Å²) in [5, 5.41) is 2.80. The zero-order chi connectivity index (χ0) is 15.0. The highest BCUT2D eigenvalue weighted by Crippen LogP contribution is 2.32. The van der Waals surface area contributed by atoms with Gasteiger partial charge in [0.2, 0.25) is 0 Å². The molecule has 1 unspecified atom stereocenters. The molecule has 21 heavy (non-hydrogen) atoms. The Morgan fingerprint density at radius 1 is 1.38 bits per heavy atom. The van der Waals surface area contributed by atoms with Crippen LogP contribution in [0.2, 0.25) is 8.67 Å². The highest BCUT2D eigenvalue weighted by molar-refractivity contribution is 7.20. The Labute approximate surface area is 136 Å². The molecule has 3 rings (SSSR count). The molecule has 1 aromatic heterocycles. The molecule has 1 N–H and O–H groups in total. The number of amides is 3. The van der Waals surface area contributed by atoms with Crippen LogP contribution < -0.4 is 5.32 Å². The van der Waals surface area contributed by atoms with Crippen LogP contribution in [-0.4, -0.2) is 54.0 Å². The van der Waals surface area contributed by atoms with Crippen LogP contribution in [0.1, 0.15) is 23.2 Å². The van der Waals surface area contributed by atoms with Gasteiger partial charge in [-0.2, -0.15) is 0 Å². The third-order valence-electron chi connectivity index (χ3n) is 3.90. The number of likely N-dealkylation sites (tertiary alicyclic amines) is 1. The second-order valence-electron chi connectivity index (χ2n) is 5.21. The van der Waals surface area contributed by atoms with Gasteiger partial charge < -0.3 is 15.1 Å². The van der Waals surface area contributed by atoms with Crippen molar-refractivity contribution in [2.75, 3.05) is 26.2 Å². The van der Waals surface area contributed by atoms with Crippen LogP contribution in [0, 0.1) is 0 Å². The van der Waals surface area contributed by atoms with Crippen molar-refractivity contribution in [2.45, 2.75) is 18.9 Å². The van der Waals surface area contributed by atoms with Crippen LogP contribution in [0.3, 0.4) is 0 Å². The highest BCUT2D eigenvalue weighted by Gasteiger charge is 2.33. The number of carbonyl (C=O) groups excluding carboxylic acids is 2. The number of carbonyl (C=O) groups is 2. The van der Waals surface area contributed by atoms with Crippen LogP contribution in [0.15, 0.2) is 6.07 Å². The first-order valence-electron chi connectivity index (χ1n) is 6.85. The number of halogens is 2. The summed E-state index contributed by atoms with van der Waals surface area (Å²) in [5.41, 5.74) is 0.457. The fourth-order valence-electron chi connectivity index (χ4n) is 2.88. The van der Waals surface area contributed by atoms with Gasteiger partial charge in [0.05, 0.1) is 15.9 Å². The summed E-state index contributed by atoms with van der Waals surface area (Å²) in [6.07, 6.45) is 1.81. The van der Waals surface area contributed by atoms with Crippen molar-refractivity contribution in [3.8, 4) is 0 Å². The molecule has 0 aromatic carbocycles. The molecule has 2 saturated heterocycles. The largest absolute Gasteiger partial charge is 0.337 e. The summed E-state index contributed by atoms with van der Waals surface area (Å²) >= 11 is 13.2. The third kappa shape index (κ3) is 2.98. The number of thiophene rings is 1. The molecule has 3 amide bonds. The average molecular weight is 348 g/mol. The van der Waals surface area contributed by atoms with Crippen LogP contribution in [0.5, 0.6) is 0 Å². The number of hydrogen-bond acceptors (Lipinski definition) is 3. The Balaban J connectivity index is 1.72. The minimum Gasteiger partial charge on any atom is -0.337 e. The molecule has 0 aliphatic carbocycles. The van der Waals surface area contributed by atoms with Crippen molar-refractivity contribution >= 4 is 46.5 Å². The van der Waals surface area contributed by atoms with E-state index in [4.69, 9.17) is 23.2 Å². The summed E-state index contributed by atoms with van der Waals surface area (Å²) in [6, 6.07) is 1.66. The molecular formula is C13H15Cl2N3O2S. The maximum atomic E-state index is 12.5. The lowest BCUT2D eigenvalue weighted by molar-refractivity contribution is 0.0635. The predicted molar refractivity (Wildman–Crippen MR) is 83.4 cm³/mol. The van der Waals surface area contributed by atoms with Gasteiger partial charge in [0.1, 0.15) is 4.34 Å². The fraction of sp³-hybridized carbons (Fsp3) is 0.538. The summed E-state index contributed by atoms with van der Waals surface area (Å²) < 4.78 is 0.932. The van der Waals surface area contributed by atoms with Crippen LogP contribution in [-0.2, 0) is 0 Å². The van der Waals surface area contributed by atoms with E-state index in [2.05, 4.69) is 5.32 Å². The molecule has 3 heterocycles. The van der Waals surface area contributed by atoms with E-state index >= 15 is 0 Å². The number of nitrogens with zero attached hydrogens (tertiary/aromatic N) is 2. The first kappa shape index (κ1) is 14.9. The quantitative estimate of drug-likeness (QED) is 0.894. The molecule has 1 aromatic rings. The van der Waals surface area contributed by atoms with Crippen LogP contribution in [0.4, 0.5) is 4.79 Å².